The molecule has 0 radical (unpaired) electrons. The van der Waals surface area contributed by atoms with Gasteiger partial charge in [0.1, 0.15) is 0 Å². The first-order valence-corrected chi connectivity index (χ1v) is 32.7. The molecule has 2 nitrogen and oxygen atoms in total. The maximum absolute atomic E-state index is 2.47. The van der Waals surface area contributed by atoms with Gasteiger partial charge in [-0.25, -0.2) is 0 Å². The van der Waals surface area contributed by atoms with Gasteiger partial charge in [0.2, 0.25) is 0 Å². The monoisotopic (exact) mass is 1120 g/mol. The number of para-hydroxylation sites is 2. The molecule has 9 aromatic rings. The van der Waals surface area contributed by atoms with Crippen LogP contribution in [0.15, 0.2) is 194 Å². The van der Waals surface area contributed by atoms with Gasteiger partial charge in [0.15, 0.2) is 0 Å². The van der Waals surface area contributed by atoms with Crippen LogP contribution in [0, 0.1) is 6.92 Å². The second-order valence-corrected chi connectivity index (χ2v) is 32.4. The fraction of sp³-hybridized carbons (Fsp3) is 0.115. The molecule has 0 spiro atoms. The van der Waals surface area contributed by atoms with Crippen molar-refractivity contribution in [3.8, 4) is 11.4 Å². The van der Waals surface area contributed by atoms with Gasteiger partial charge in [-0.2, -0.15) is 0 Å². The van der Waals surface area contributed by atoms with Gasteiger partial charge in [-0.1, -0.05) is 201 Å². The third-order valence-corrected chi connectivity index (χ3v) is 15.7. The zero-order chi connectivity index (χ0) is 41.3. The number of nitrogens with zero attached hydrogens (tertiary/aromatic N) is 2. The average molecular weight is 1120 g/mol. The van der Waals surface area contributed by atoms with Crippen LogP contribution in [0.2, 0.25) is 0 Å². The Morgan fingerprint density at radius 1 is 0.424 bits per heavy atom. The van der Waals surface area contributed by atoms with Gasteiger partial charge in [-0.05, 0) is 67.6 Å². The van der Waals surface area contributed by atoms with Crippen LogP contribution in [0.25, 0.3) is 33.2 Å². The molecule has 0 unspecified atom stereocenters. The Kier molecular flexibility index (Phi) is 15.5. The summed E-state index contributed by atoms with van der Waals surface area (Å²) in [5.74, 6) is 0.653. The third kappa shape index (κ3) is 9.72. The third-order valence-electron chi connectivity index (χ3n) is 10.6. The van der Waals surface area contributed by atoms with Crippen molar-refractivity contribution >= 4 is 109 Å². The van der Waals surface area contributed by atoms with Gasteiger partial charge >= 0.3 is 49.6 Å². The first kappa shape index (κ1) is 43.6. The van der Waals surface area contributed by atoms with Crippen molar-refractivity contribution in [2.45, 2.75) is 26.7 Å². The van der Waals surface area contributed by atoms with E-state index in [1.165, 1.54) is 76.1 Å². The predicted molar refractivity (Wildman–Crippen MR) is 276 cm³/mol. The Hall–Kier alpha value is -3.44. The van der Waals surface area contributed by atoms with Crippen molar-refractivity contribution in [3.63, 3.8) is 0 Å². The van der Waals surface area contributed by atoms with E-state index >= 15 is 0 Å². The molecule has 7 aromatic carbocycles. The Labute approximate surface area is 382 Å². The van der Waals surface area contributed by atoms with Gasteiger partial charge in [0, 0.05) is 46.5 Å². The van der Waals surface area contributed by atoms with Crippen LogP contribution in [-0.2, 0) is 24.2 Å². The number of aryl methyl sites for hydroxylation is 3. The molecule has 0 amide bonds. The Morgan fingerprint density at radius 3 is 1.02 bits per heavy atom. The van der Waals surface area contributed by atoms with Crippen LogP contribution in [-0.4, -0.2) is 9.13 Å². The molecule has 0 bridgehead atoms. The molecule has 59 heavy (non-hydrogen) atoms. The van der Waals surface area contributed by atoms with Crippen LogP contribution in [0.4, 0.5) is 0 Å². The van der Waals surface area contributed by atoms with Crippen molar-refractivity contribution in [1.29, 1.82) is 0 Å². The first-order valence-electron chi connectivity index (χ1n) is 19.7. The van der Waals surface area contributed by atoms with E-state index in [0.29, 0.717) is 16.0 Å². The molecule has 0 N–H and O–H groups in total. The Bertz CT molecular complexity index is 2470. The topological polar surface area (TPSA) is 9.86 Å². The average Bonchev–Trinajstić information content (AvgIpc) is 3.72. The fourth-order valence-corrected chi connectivity index (χ4v) is 13.1. The van der Waals surface area contributed by atoms with Crippen molar-refractivity contribution < 1.29 is 10.1 Å². The predicted octanol–water partition coefficient (Wildman–Crippen LogP) is 12.7. The minimum atomic E-state index is -0.878. The minimum absolute atomic E-state index is 0.650. The number of rotatable bonds is 8. The number of halogens is 2. The van der Waals surface area contributed by atoms with Gasteiger partial charge in [0.05, 0.1) is 11.4 Å². The number of benzene rings is 7. The normalized spacial score (nSPS) is 11.2. The zero-order valence-electron chi connectivity index (χ0n) is 34.0. The molecule has 2 aromatic heterocycles. The number of hydrogen-bond donors (Lipinski definition) is 0. The second kappa shape index (κ2) is 20.9. The number of aromatic nitrogens is 2. The molecule has 0 aliphatic rings. The molecule has 0 saturated heterocycles. The quantitative estimate of drug-likeness (QED) is 0.0815. The van der Waals surface area contributed by atoms with Crippen molar-refractivity contribution in [2.75, 3.05) is 0 Å². The first-order chi connectivity index (χ1) is 28.8. The Balaban J connectivity index is 0.000000351. The van der Waals surface area contributed by atoms with Crippen molar-refractivity contribution in [2.24, 2.45) is 14.1 Å². The summed E-state index contributed by atoms with van der Waals surface area (Å²) >= 11 is 4.73. The summed E-state index contributed by atoms with van der Waals surface area (Å²) in [5.41, 5.74) is 7.87. The van der Waals surface area contributed by atoms with Gasteiger partial charge in [0.25, 0.3) is 0 Å². The SMILES string of the molecule is Cc1ccc(C(C)C)cc1.Cn1c(-c2c(P(c3ccccc3)c3ccccc3)c3ccccc3n2C)c(P(c2ccccc2)c2ccccc2)c2ccccc21.[I][Ru][I]. The number of fused-ring (bicyclic) bond motifs is 2. The number of hydrogen-bond acceptors (Lipinski definition) is 0. The summed E-state index contributed by atoms with van der Waals surface area (Å²) in [7, 11) is 3.42. The summed E-state index contributed by atoms with van der Waals surface area (Å²) in [6, 6.07) is 71.2. The molecular weight excluding hydrogens is 1070 g/mol. The van der Waals surface area contributed by atoms with Crippen LogP contribution < -0.4 is 31.8 Å². The van der Waals surface area contributed by atoms with E-state index in [1.54, 1.807) is 0 Å². The van der Waals surface area contributed by atoms with E-state index in [4.69, 9.17) is 0 Å². The summed E-state index contributed by atoms with van der Waals surface area (Å²) in [4.78, 5) is 0. The standard InChI is InChI=1S/C42H34N2P2.C10H14.2HI.Ru/c1-43-37-29-17-15-27-35(37)41(45(31-19-7-3-8-20-31)32-21-9-4-10-22-32)39(43)40-42(36-28-16-18-30-38(36)44(40)2)46(33-23-11-5-12-24-33)34-25-13-6-14-26-34;1-8(2)10-6-4-9(3)5-7-10;;;/h3-30H,1-2H3;4-8H,1-3H3;2*1H;/q;;;;+2/p-2. The molecule has 7 heteroatoms. The summed E-state index contributed by atoms with van der Waals surface area (Å²) < 4.78 is 4.93. The molecule has 2 heterocycles. The van der Waals surface area contributed by atoms with E-state index < -0.39 is 15.8 Å². The van der Waals surface area contributed by atoms with Crippen LogP contribution in [0.3, 0.4) is 0 Å². The molecule has 0 atom stereocenters. The Morgan fingerprint density at radius 2 is 0.712 bits per heavy atom. The molecule has 0 aliphatic heterocycles. The molecule has 298 valence electrons. The maximum atomic E-state index is 2.47. The van der Waals surface area contributed by atoms with Gasteiger partial charge < -0.3 is 9.13 Å². The van der Waals surface area contributed by atoms with Gasteiger partial charge in [-0.15, -0.1) is 0 Å². The van der Waals surface area contributed by atoms with E-state index in [0.717, 1.165) is 0 Å². The van der Waals surface area contributed by atoms with Crippen LogP contribution in [0.1, 0.15) is 30.9 Å². The molecule has 9 rings (SSSR count). The fourth-order valence-electron chi connectivity index (χ4n) is 7.82. The van der Waals surface area contributed by atoms with E-state index in [2.05, 4.69) is 278 Å². The summed E-state index contributed by atoms with van der Waals surface area (Å²) in [6.07, 6.45) is 0. The van der Waals surface area contributed by atoms with Crippen LogP contribution in [0.5, 0.6) is 0 Å². The van der Waals surface area contributed by atoms with E-state index in [9.17, 15) is 0 Å². The van der Waals surface area contributed by atoms with Gasteiger partial charge in [-0.3, -0.25) is 0 Å². The summed E-state index contributed by atoms with van der Waals surface area (Å²) in [5, 5.41) is 10.9. The van der Waals surface area contributed by atoms with E-state index in [1.807, 2.05) is 0 Å². The van der Waals surface area contributed by atoms with E-state index in [-0.39, 0.29) is 0 Å². The molecule has 0 fully saturated rings. The molecule has 0 saturated carbocycles. The zero-order valence-corrected chi connectivity index (χ0v) is 41.8. The van der Waals surface area contributed by atoms with Crippen molar-refractivity contribution in [3.05, 3.63) is 205 Å². The van der Waals surface area contributed by atoms with Crippen molar-refractivity contribution in [1.82, 2.24) is 9.13 Å². The summed E-state index contributed by atoms with van der Waals surface area (Å²) in [6.45, 7) is 6.54. The van der Waals surface area contributed by atoms with Crippen LogP contribution >= 0.6 is 55.3 Å². The second-order valence-electron chi connectivity index (χ2n) is 14.7. The molecular formula is C52H48I2N2P2Ru. The molecule has 0 aliphatic carbocycles.